The number of methoxy groups -OCH3 is 1. The Hall–Kier alpha value is -3.35. The predicted octanol–water partition coefficient (Wildman–Crippen LogP) is 3.73. The van der Waals surface area contributed by atoms with Crippen LogP contribution in [0, 0.1) is 6.92 Å². The highest BCUT2D eigenvalue weighted by molar-refractivity contribution is 5.76. The van der Waals surface area contributed by atoms with Crippen molar-refractivity contribution in [3.05, 3.63) is 59.9 Å². The van der Waals surface area contributed by atoms with Crippen LogP contribution in [-0.4, -0.2) is 58.9 Å². The molecule has 3 aromatic rings. The first-order chi connectivity index (χ1) is 15.4. The number of aryl methyl sites for hydroxylation is 1. The van der Waals surface area contributed by atoms with Gasteiger partial charge in [0.1, 0.15) is 18.1 Å². The summed E-state index contributed by atoms with van der Waals surface area (Å²) in [5, 5.41) is 4.77. The van der Waals surface area contributed by atoms with E-state index in [1.165, 1.54) is 5.56 Å². The van der Waals surface area contributed by atoms with Gasteiger partial charge in [0.05, 0.1) is 12.8 Å². The van der Waals surface area contributed by atoms with Gasteiger partial charge in [-0.25, -0.2) is 4.98 Å². The molecule has 3 heterocycles. The van der Waals surface area contributed by atoms with Gasteiger partial charge in [0.2, 0.25) is 5.91 Å². The number of benzene rings is 1. The van der Waals surface area contributed by atoms with E-state index in [2.05, 4.69) is 42.8 Å². The van der Waals surface area contributed by atoms with Crippen molar-refractivity contribution in [2.45, 2.75) is 33.2 Å². The van der Waals surface area contributed by atoms with Crippen molar-refractivity contribution in [2.24, 2.45) is 0 Å². The average Bonchev–Trinajstić information content (AvgIpc) is 3.23. The molecule has 0 bridgehead atoms. The molecule has 1 amide bonds. The minimum atomic E-state index is 0.105. The summed E-state index contributed by atoms with van der Waals surface area (Å²) in [6.07, 6.45) is 1.84. The second-order valence-corrected chi connectivity index (χ2v) is 8.55. The number of ether oxygens (including phenoxy) is 1. The molecule has 7 heteroatoms. The molecule has 168 valence electrons. The summed E-state index contributed by atoms with van der Waals surface area (Å²) in [5.41, 5.74) is 4.14. The number of aromatic nitrogens is 3. The molecule has 0 radical (unpaired) electrons. The van der Waals surface area contributed by atoms with E-state index in [9.17, 15) is 4.79 Å². The number of hydrogen-bond donors (Lipinski definition) is 0. The van der Waals surface area contributed by atoms with Gasteiger partial charge in [-0.2, -0.15) is 5.10 Å². The van der Waals surface area contributed by atoms with Crippen LogP contribution < -0.4 is 9.64 Å². The Labute approximate surface area is 189 Å². The van der Waals surface area contributed by atoms with Crippen molar-refractivity contribution in [2.75, 3.05) is 38.2 Å². The molecule has 0 N–H and O–H groups in total. The van der Waals surface area contributed by atoms with Gasteiger partial charge in [0.15, 0.2) is 0 Å². The van der Waals surface area contributed by atoms with Crippen molar-refractivity contribution in [1.82, 2.24) is 19.7 Å². The standard InChI is InChI=1S/C25H31N5O2/c1-18(2)23-16-22(20-5-7-21(32-4)8-6-20)27-30(23)17-25(31)29-13-11-28(12-14-29)24-15-19(3)9-10-26-24/h5-10,15-16,18H,11-14,17H2,1-4H3. The van der Waals surface area contributed by atoms with Gasteiger partial charge < -0.3 is 14.5 Å². The van der Waals surface area contributed by atoms with Gasteiger partial charge >= 0.3 is 0 Å². The van der Waals surface area contributed by atoms with E-state index in [0.717, 1.165) is 41.6 Å². The molecule has 0 saturated carbocycles. The number of hydrogen-bond acceptors (Lipinski definition) is 5. The minimum absolute atomic E-state index is 0.105. The maximum absolute atomic E-state index is 13.1. The lowest BCUT2D eigenvalue weighted by Gasteiger charge is -2.35. The van der Waals surface area contributed by atoms with E-state index in [0.29, 0.717) is 13.1 Å². The lowest BCUT2D eigenvalue weighted by molar-refractivity contribution is -0.132. The summed E-state index contributed by atoms with van der Waals surface area (Å²) >= 11 is 0. The third-order valence-corrected chi connectivity index (χ3v) is 5.93. The number of piperazine rings is 1. The molecule has 0 unspecified atom stereocenters. The second-order valence-electron chi connectivity index (χ2n) is 8.55. The first-order valence-electron chi connectivity index (χ1n) is 11.1. The van der Waals surface area contributed by atoms with Gasteiger partial charge in [0, 0.05) is 43.6 Å². The van der Waals surface area contributed by atoms with E-state index in [4.69, 9.17) is 9.84 Å². The highest BCUT2D eigenvalue weighted by Gasteiger charge is 2.24. The number of nitrogens with zero attached hydrogens (tertiary/aromatic N) is 5. The summed E-state index contributed by atoms with van der Waals surface area (Å²) in [5.74, 6) is 2.17. The topological polar surface area (TPSA) is 63.5 Å². The Morgan fingerprint density at radius 2 is 1.78 bits per heavy atom. The molecule has 0 spiro atoms. The number of anilines is 1. The van der Waals surface area contributed by atoms with Crippen LogP contribution in [0.2, 0.25) is 0 Å². The molecule has 0 atom stereocenters. The Kier molecular flexibility index (Phi) is 6.44. The fourth-order valence-electron chi connectivity index (χ4n) is 4.03. The monoisotopic (exact) mass is 433 g/mol. The van der Waals surface area contributed by atoms with Crippen LogP contribution in [0.25, 0.3) is 11.3 Å². The minimum Gasteiger partial charge on any atom is -0.497 e. The molecule has 1 aliphatic heterocycles. The van der Waals surface area contributed by atoms with Crippen LogP contribution in [0.1, 0.15) is 31.0 Å². The maximum atomic E-state index is 13.1. The number of rotatable bonds is 6. The van der Waals surface area contributed by atoms with Crippen LogP contribution in [0.15, 0.2) is 48.7 Å². The quantitative estimate of drug-likeness (QED) is 0.593. The Morgan fingerprint density at radius 3 is 2.41 bits per heavy atom. The fraction of sp³-hybridized carbons (Fsp3) is 0.400. The number of carbonyl (C=O) groups excluding carboxylic acids is 1. The SMILES string of the molecule is COc1ccc(-c2cc(C(C)C)n(CC(=O)N3CCN(c4cc(C)ccn4)CC3)n2)cc1. The molecule has 1 aliphatic rings. The summed E-state index contributed by atoms with van der Waals surface area (Å²) in [7, 11) is 1.66. The third-order valence-electron chi connectivity index (χ3n) is 5.93. The predicted molar refractivity (Wildman–Crippen MR) is 126 cm³/mol. The lowest BCUT2D eigenvalue weighted by atomic mass is 10.1. The largest absolute Gasteiger partial charge is 0.497 e. The van der Waals surface area contributed by atoms with Crippen molar-refractivity contribution in [1.29, 1.82) is 0 Å². The molecule has 1 aromatic carbocycles. The first-order valence-corrected chi connectivity index (χ1v) is 11.1. The van der Waals surface area contributed by atoms with Crippen molar-refractivity contribution < 1.29 is 9.53 Å². The summed E-state index contributed by atoms with van der Waals surface area (Å²) in [6.45, 7) is 9.54. The van der Waals surface area contributed by atoms with E-state index >= 15 is 0 Å². The van der Waals surface area contributed by atoms with E-state index < -0.39 is 0 Å². The molecule has 2 aromatic heterocycles. The van der Waals surface area contributed by atoms with Gasteiger partial charge in [-0.15, -0.1) is 0 Å². The number of amides is 1. The summed E-state index contributed by atoms with van der Waals surface area (Å²) in [4.78, 5) is 21.7. The van der Waals surface area contributed by atoms with Gasteiger partial charge in [-0.05, 0) is 60.9 Å². The highest BCUT2D eigenvalue weighted by Crippen LogP contribution is 2.25. The molecular weight excluding hydrogens is 402 g/mol. The molecule has 32 heavy (non-hydrogen) atoms. The van der Waals surface area contributed by atoms with Gasteiger partial charge in [-0.3, -0.25) is 9.48 Å². The fourth-order valence-corrected chi connectivity index (χ4v) is 4.03. The van der Waals surface area contributed by atoms with E-state index in [1.807, 2.05) is 46.1 Å². The lowest BCUT2D eigenvalue weighted by Crippen LogP contribution is -2.50. The number of pyridine rings is 1. The van der Waals surface area contributed by atoms with Crippen LogP contribution in [0.5, 0.6) is 5.75 Å². The Bertz CT molecular complexity index is 1070. The summed E-state index contributed by atoms with van der Waals surface area (Å²) < 4.78 is 7.11. The molecule has 4 rings (SSSR count). The smallest absolute Gasteiger partial charge is 0.244 e. The molecule has 1 fully saturated rings. The molecule has 0 aliphatic carbocycles. The summed E-state index contributed by atoms with van der Waals surface area (Å²) in [6, 6.07) is 14.0. The maximum Gasteiger partial charge on any atom is 0.244 e. The normalized spacial score (nSPS) is 14.2. The van der Waals surface area contributed by atoms with E-state index in [1.54, 1.807) is 7.11 Å². The van der Waals surface area contributed by atoms with E-state index in [-0.39, 0.29) is 18.4 Å². The Balaban J connectivity index is 1.44. The zero-order chi connectivity index (χ0) is 22.7. The van der Waals surface area contributed by atoms with Crippen LogP contribution >= 0.6 is 0 Å². The molecular formula is C25H31N5O2. The number of carbonyl (C=O) groups is 1. The average molecular weight is 434 g/mol. The van der Waals surface area contributed by atoms with Crippen LogP contribution in [0.4, 0.5) is 5.82 Å². The Morgan fingerprint density at radius 1 is 1.06 bits per heavy atom. The van der Waals surface area contributed by atoms with Gasteiger partial charge in [-0.1, -0.05) is 13.8 Å². The zero-order valence-corrected chi connectivity index (χ0v) is 19.3. The zero-order valence-electron chi connectivity index (χ0n) is 19.3. The van der Waals surface area contributed by atoms with Crippen molar-refractivity contribution >= 4 is 11.7 Å². The highest BCUT2D eigenvalue weighted by atomic mass is 16.5. The van der Waals surface area contributed by atoms with Gasteiger partial charge in [0.25, 0.3) is 0 Å². The van der Waals surface area contributed by atoms with Crippen LogP contribution in [0.3, 0.4) is 0 Å². The van der Waals surface area contributed by atoms with Crippen molar-refractivity contribution in [3.63, 3.8) is 0 Å². The molecule has 7 nitrogen and oxygen atoms in total. The van der Waals surface area contributed by atoms with Crippen molar-refractivity contribution in [3.8, 4) is 17.0 Å². The first kappa shape index (κ1) is 21.9. The van der Waals surface area contributed by atoms with Crippen LogP contribution in [-0.2, 0) is 11.3 Å². The molecule has 1 saturated heterocycles. The third kappa shape index (κ3) is 4.77. The second kappa shape index (κ2) is 9.42.